The summed E-state index contributed by atoms with van der Waals surface area (Å²) in [5.41, 5.74) is 2.12. The van der Waals surface area contributed by atoms with Gasteiger partial charge in [0.25, 0.3) is 0 Å². The van der Waals surface area contributed by atoms with Crippen molar-refractivity contribution in [3.05, 3.63) is 35.4 Å². The Morgan fingerprint density at radius 3 is 2.36 bits per heavy atom. The van der Waals surface area contributed by atoms with E-state index in [2.05, 4.69) is 36.3 Å². The third-order valence-electron chi connectivity index (χ3n) is 3.73. The number of hydrogen-bond donors (Lipinski definition) is 2. The van der Waals surface area contributed by atoms with Gasteiger partial charge in [-0.05, 0) is 6.92 Å². The summed E-state index contributed by atoms with van der Waals surface area (Å²) in [5, 5.41) is 22.6. The van der Waals surface area contributed by atoms with E-state index in [1.165, 1.54) is 0 Å². The molecule has 0 fully saturated rings. The smallest absolute Gasteiger partial charge is 0.102 e. The molecule has 0 saturated carbocycles. The molecule has 2 N–H and O–H groups in total. The normalized spacial score (nSPS) is 15.0. The van der Waals surface area contributed by atoms with Gasteiger partial charge >= 0.3 is 0 Å². The van der Waals surface area contributed by atoms with E-state index in [4.69, 9.17) is 0 Å². The molecule has 122 valence electrons. The van der Waals surface area contributed by atoms with Gasteiger partial charge in [0.1, 0.15) is 5.60 Å². The molecular weight excluding hydrogens is 278 g/mol. The van der Waals surface area contributed by atoms with Gasteiger partial charge in [-0.25, -0.2) is 0 Å². The molecule has 0 spiro atoms. The van der Waals surface area contributed by atoms with Crippen molar-refractivity contribution < 1.29 is 5.11 Å². The molecule has 22 heavy (non-hydrogen) atoms. The maximum atomic E-state index is 10.6. The summed E-state index contributed by atoms with van der Waals surface area (Å²) in [4.78, 5) is 0. The van der Waals surface area contributed by atoms with Crippen LogP contribution in [0.15, 0.2) is 18.6 Å². The first-order valence-corrected chi connectivity index (χ1v) is 7.55. The zero-order chi connectivity index (χ0) is 16.5. The van der Waals surface area contributed by atoms with Crippen molar-refractivity contribution in [3.8, 4) is 0 Å². The lowest BCUT2D eigenvalue weighted by atomic mass is 9.89. The number of nitrogens with zero attached hydrogens (tertiary/aromatic N) is 4. The molecule has 0 saturated heterocycles. The lowest BCUT2D eigenvalue weighted by Gasteiger charge is -2.23. The molecule has 6 nitrogen and oxygen atoms in total. The van der Waals surface area contributed by atoms with E-state index in [0.717, 1.165) is 16.8 Å². The molecule has 0 aliphatic heterocycles. The fourth-order valence-corrected chi connectivity index (χ4v) is 2.54. The second-order valence-corrected chi connectivity index (χ2v) is 7.21. The Morgan fingerprint density at radius 2 is 1.82 bits per heavy atom. The average Bonchev–Trinajstić information content (AvgIpc) is 2.95. The van der Waals surface area contributed by atoms with Crippen LogP contribution in [0.5, 0.6) is 0 Å². The third-order valence-corrected chi connectivity index (χ3v) is 3.73. The van der Waals surface area contributed by atoms with Gasteiger partial charge in [-0.15, -0.1) is 0 Å². The van der Waals surface area contributed by atoms with Crippen molar-refractivity contribution in [2.24, 2.45) is 14.1 Å². The summed E-state index contributed by atoms with van der Waals surface area (Å²) in [6, 6.07) is 0. The molecule has 6 heteroatoms. The van der Waals surface area contributed by atoms with E-state index >= 15 is 0 Å². The maximum absolute atomic E-state index is 10.6. The minimum atomic E-state index is -0.946. The summed E-state index contributed by atoms with van der Waals surface area (Å²) < 4.78 is 3.54. The van der Waals surface area contributed by atoms with Gasteiger partial charge < -0.3 is 10.4 Å². The maximum Gasteiger partial charge on any atom is 0.102 e. The number of aromatic nitrogens is 4. The van der Waals surface area contributed by atoms with Crippen molar-refractivity contribution in [1.82, 2.24) is 24.9 Å². The van der Waals surface area contributed by atoms with Crippen LogP contribution >= 0.6 is 0 Å². The second kappa shape index (κ2) is 5.85. The number of rotatable bonds is 5. The summed E-state index contributed by atoms with van der Waals surface area (Å²) in [6.45, 7) is 9.40. The van der Waals surface area contributed by atoms with Crippen molar-refractivity contribution in [1.29, 1.82) is 0 Å². The molecule has 2 aromatic heterocycles. The first-order chi connectivity index (χ1) is 10.1. The topological polar surface area (TPSA) is 67.9 Å². The molecule has 1 unspecified atom stereocenters. The summed E-state index contributed by atoms with van der Waals surface area (Å²) in [7, 11) is 3.78. The molecule has 0 aliphatic rings. The van der Waals surface area contributed by atoms with Gasteiger partial charge in [-0.3, -0.25) is 9.36 Å². The summed E-state index contributed by atoms with van der Waals surface area (Å²) >= 11 is 0. The van der Waals surface area contributed by atoms with Crippen molar-refractivity contribution >= 4 is 0 Å². The number of hydrogen-bond acceptors (Lipinski definition) is 4. The highest BCUT2D eigenvalue weighted by Crippen LogP contribution is 2.24. The molecule has 2 aromatic rings. The number of aliphatic hydroxyl groups is 1. The third kappa shape index (κ3) is 3.75. The molecule has 0 aliphatic carbocycles. The lowest BCUT2D eigenvalue weighted by molar-refractivity contribution is 0.0565. The summed E-state index contributed by atoms with van der Waals surface area (Å²) in [5.74, 6) is 0. The van der Waals surface area contributed by atoms with Gasteiger partial charge in [0.15, 0.2) is 0 Å². The van der Waals surface area contributed by atoms with Crippen molar-refractivity contribution in [2.45, 2.75) is 45.3 Å². The van der Waals surface area contributed by atoms with Crippen molar-refractivity contribution in [2.75, 3.05) is 6.54 Å². The van der Waals surface area contributed by atoms with Crippen LogP contribution in [0.4, 0.5) is 0 Å². The van der Waals surface area contributed by atoms with Gasteiger partial charge in [0, 0.05) is 56.1 Å². The Hall–Kier alpha value is -1.66. The van der Waals surface area contributed by atoms with Crippen molar-refractivity contribution in [3.63, 3.8) is 0 Å². The molecule has 0 aromatic carbocycles. The lowest BCUT2D eigenvalue weighted by Crippen LogP contribution is -2.35. The molecule has 0 amide bonds. The van der Waals surface area contributed by atoms with Gasteiger partial charge in [-0.1, -0.05) is 20.8 Å². The van der Waals surface area contributed by atoms with Gasteiger partial charge in [0.2, 0.25) is 0 Å². The molecule has 2 rings (SSSR count). The molecular formula is C16H27N5O. The van der Waals surface area contributed by atoms with Crippen LogP contribution in [0.2, 0.25) is 0 Å². The molecule has 1 atom stereocenters. The second-order valence-electron chi connectivity index (χ2n) is 7.21. The monoisotopic (exact) mass is 305 g/mol. The Kier molecular flexibility index (Phi) is 4.44. The fourth-order valence-electron chi connectivity index (χ4n) is 2.54. The predicted molar refractivity (Wildman–Crippen MR) is 86.4 cm³/mol. The first kappa shape index (κ1) is 16.7. The van der Waals surface area contributed by atoms with E-state index in [1.54, 1.807) is 17.8 Å². The predicted octanol–water partition coefficient (Wildman–Crippen LogP) is 1.45. The Labute approximate surface area is 132 Å². The summed E-state index contributed by atoms with van der Waals surface area (Å²) in [6.07, 6.45) is 5.57. The minimum Gasteiger partial charge on any atom is -0.384 e. The van der Waals surface area contributed by atoms with Crippen LogP contribution in [0.3, 0.4) is 0 Å². The zero-order valence-corrected chi connectivity index (χ0v) is 14.4. The Balaban J connectivity index is 2.02. The largest absolute Gasteiger partial charge is 0.384 e. The Morgan fingerprint density at radius 1 is 1.14 bits per heavy atom. The van der Waals surface area contributed by atoms with Crippen LogP contribution in [0, 0.1) is 0 Å². The quantitative estimate of drug-likeness (QED) is 0.877. The van der Waals surface area contributed by atoms with Crippen LogP contribution in [0.25, 0.3) is 0 Å². The minimum absolute atomic E-state index is 0.00411. The highest BCUT2D eigenvalue weighted by molar-refractivity contribution is 5.24. The molecule has 0 radical (unpaired) electrons. The first-order valence-electron chi connectivity index (χ1n) is 7.55. The zero-order valence-electron chi connectivity index (χ0n) is 14.4. The standard InChI is InChI=1S/C16H27N5O/c1-15(2,3)14-12(9-21(6)19-14)7-17-11-16(4,22)13-8-18-20(5)10-13/h8-10,17,22H,7,11H2,1-6H3. The van der Waals surface area contributed by atoms with Gasteiger partial charge in [0.05, 0.1) is 11.9 Å². The SMILES string of the molecule is Cn1cc(C(C)(O)CNCc2cn(C)nc2C(C)(C)C)cn1. The molecule has 2 heterocycles. The van der Waals surface area contributed by atoms with E-state index in [1.807, 2.05) is 31.2 Å². The average molecular weight is 305 g/mol. The van der Waals surface area contributed by atoms with Crippen LogP contribution in [0.1, 0.15) is 44.5 Å². The molecule has 0 bridgehead atoms. The van der Waals surface area contributed by atoms with Crippen LogP contribution in [-0.2, 0) is 31.7 Å². The fraction of sp³-hybridized carbons (Fsp3) is 0.625. The van der Waals surface area contributed by atoms with E-state index in [9.17, 15) is 5.11 Å². The van der Waals surface area contributed by atoms with Crippen LogP contribution < -0.4 is 5.32 Å². The highest BCUT2D eigenvalue weighted by Gasteiger charge is 2.25. The Bertz CT molecular complexity index is 633. The van der Waals surface area contributed by atoms with Gasteiger partial charge in [-0.2, -0.15) is 10.2 Å². The highest BCUT2D eigenvalue weighted by atomic mass is 16.3. The van der Waals surface area contributed by atoms with E-state index < -0.39 is 5.60 Å². The van der Waals surface area contributed by atoms with E-state index in [-0.39, 0.29) is 5.41 Å². The number of aryl methyl sites for hydroxylation is 2. The number of nitrogens with one attached hydrogen (secondary N) is 1. The van der Waals surface area contributed by atoms with Crippen LogP contribution in [-0.4, -0.2) is 31.2 Å². The van der Waals surface area contributed by atoms with E-state index in [0.29, 0.717) is 13.1 Å².